The van der Waals surface area contributed by atoms with Crippen molar-refractivity contribution >= 4 is 45.0 Å². The fourth-order valence-corrected chi connectivity index (χ4v) is 7.93. The molecule has 2 N–H and O–H groups in total. The molecule has 1 aromatic heterocycles. The standard InChI is InChI=1S/C30H43N7O5S/c1-20-28(38)34(6)24-10-11-26(31-21-8-7-9-23(18-21)43(41,42)35-16-14-33(5)15-17-35)32-27(24)37(20)22-12-13-36(29(39)40)25(19-22)30(2,3)4/h7-11,18,20,22,25H,12-17,19H2,1-6H3,(H,31,32)(H,39,40)/t20-,22?,25?/m1/s1. The number of carbonyl (C=O) groups is 2. The number of likely N-dealkylation sites (N-methyl/N-ethyl adjacent to an activating group) is 2. The van der Waals surface area contributed by atoms with Gasteiger partial charge in [-0.25, -0.2) is 18.2 Å². The Bertz CT molecular complexity index is 1490. The maximum Gasteiger partial charge on any atom is 0.407 e. The second-order valence-electron chi connectivity index (χ2n) is 12.9. The van der Waals surface area contributed by atoms with Crippen molar-refractivity contribution in [3.05, 3.63) is 36.4 Å². The molecule has 0 radical (unpaired) electrons. The minimum atomic E-state index is -3.64. The molecular weight excluding hydrogens is 570 g/mol. The molecule has 0 spiro atoms. The molecule has 1 aromatic carbocycles. The molecule has 0 aliphatic carbocycles. The van der Waals surface area contributed by atoms with Crippen molar-refractivity contribution < 1.29 is 23.1 Å². The number of piperazine rings is 1. The fourth-order valence-electron chi connectivity index (χ4n) is 6.46. The first-order chi connectivity index (χ1) is 20.2. The highest BCUT2D eigenvalue weighted by Gasteiger charge is 2.45. The SMILES string of the molecule is C[C@@H]1C(=O)N(C)c2ccc(Nc3cccc(S(=O)(=O)N4CCN(C)CC4)c3)nc2N1C1CCN(C(=O)O)C(C(C)(C)C)C1. The van der Waals surface area contributed by atoms with E-state index < -0.39 is 22.2 Å². The molecule has 2 fully saturated rings. The number of nitrogens with one attached hydrogen (secondary N) is 1. The van der Waals surface area contributed by atoms with E-state index in [1.165, 1.54) is 9.21 Å². The van der Waals surface area contributed by atoms with Crippen LogP contribution in [-0.4, -0.2) is 110 Å². The molecule has 5 rings (SSSR count). The lowest BCUT2D eigenvalue weighted by Crippen LogP contribution is -2.61. The summed E-state index contributed by atoms with van der Waals surface area (Å²) in [5.74, 6) is 1.11. The summed E-state index contributed by atoms with van der Waals surface area (Å²) in [6.07, 6.45) is 0.218. The predicted octanol–water partition coefficient (Wildman–Crippen LogP) is 3.49. The van der Waals surface area contributed by atoms with Crippen LogP contribution in [0.25, 0.3) is 0 Å². The Labute approximate surface area is 254 Å². The van der Waals surface area contributed by atoms with Gasteiger partial charge in [0.15, 0.2) is 5.82 Å². The van der Waals surface area contributed by atoms with E-state index in [9.17, 15) is 23.1 Å². The number of piperidine rings is 1. The van der Waals surface area contributed by atoms with E-state index >= 15 is 0 Å². The number of carboxylic acid groups (broad SMARTS) is 1. The Morgan fingerprint density at radius 2 is 1.74 bits per heavy atom. The maximum absolute atomic E-state index is 13.4. The molecule has 3 aliphatic rings. The van der Waals surface area contributed by atoms with Gasteiger partial charge in [-0.3, -0.25) is 4.79 Å². The van der Waals surface area contributed by atoms with Gasteiger partial charge in [-0.1, -0.05) is 26.8 Å². The Hall–Kier alpha value is -3.42. The van der Waals surface area contributed by atoms with Crippen LogP contribution in [0.15, 0.2) is 41.3 Å². The molecule has 43 heavy (non-hydrogen) atoms. The van der Waals surface area contributed by atoms with Crippen LogP contribution < -0.4 is 15.1 Å². The second-order valence-corrected chi connectivity index (χ2v) is 14.9. The van der Waals surface area contributed by atoms with Gasteiger partial charge >= 0.3 is 6.09 Å². The lowest BCUT2D eigenvalue weighted by atomic mass is 9.78. The number of nitrogens with zero attached hydrogens (tertiary/aromatic N) is 6. The number of carbonyl (C=O) groups excluding carboxylic acids is 1. The zero-order chi connectivity index (χ0) is 31.3. The van der Waals surface area contributed by atoms with Crippen LogP contribution >= 0.6 is 0 Å². The van der Waals surface area contributed by atoms with Gasteiger partial charge in [-0.2, -0.15) is 4.31 Å². The predicted molar refractivity (Wildman–Crippen MR) is 167 cm³/mol. The Morgan fingerprint density at radius 3 is 2.40 bits per heavy atom. The van der Waals surface area contributed by atoms with Gasteiger partial charge in [0.1, 0.15) is 11.9 Å². The summed E-state index contributed by atoms with van der Waals surface area (Å²) in [5.41, 5.74) is 0.976. The number of sulfonamides is 1. The van der Waals surface area contributed by atoms with Gasteiger partial charge in [0.25, 0.3) is 0 Å². The van der Waals surface area contributed by atoms with Crippen LogP contribution in [-0.2, 0) is 14.8 Å². The average molecular weight is 614 g/mol. The molecule has 0 bridgehead atoms. The molecule has 234 valence electrons. The second kappa shape index (κ2) is 11.6. The quantitative estimate of drug-likeness (QED) is 0.521. The van der Waals surface area contributed by atoms with E-state index in [0.717, 1.165) is 0 Å². The average Bonchev–Trinajstić information content (AvgIpc) is 2.96. The first-order valence-electron chi connectivity index (χ1n) is 14.8. The molecule has 2 saturated heterocycles. The van der Waals surface area contributed by atoms with Crippen molar-refractivity contribution in [2.45, 2.75) is 63.6 Å². The summed E-state index contributed by atoms with van der Waals surface area (Å²) >= 11 is 0. The number of hydrogen-bond donors (Lipinski definition) is 2. The van der Waals surface area contributed by atoms with Crippen molar-refractivity contribution in [2.24, 2.45) is 5.41 Å². The third kappa shape index (κ3) is 6.02. The summed E-state index contributed by atoms with van der Waals surface area (Å²) in [5, 5.41) is 13.2. The van der Waals surface area contributed by atoms with Gasteiger partial charge < -0.3 is 30.0 Å². The van der Waals surface area contributed by atoms with E-state index in [-0.39, 0.29) is 28.3 Å². The molecule has 2 amide bonds. The largest absolute Gasteiger partial charge is 0.465 e. The highest BCUT2D eigenvalue weighted by Crippen LogP contribution is 2.41. The van der Waals surface area contributed by atoms with Crippen molar-refractivity contribution in [2.75, 3.05) is 61.9 Å². The monoisotopic (exact) mass is 613 g/mol. The summed E-state index contributed by atoms with van der Waals surface area (Å²) in [6, 6.07) is 9.58. The van der Waals surface area contributed by atoms with Crippen molar-refractivity contribution in [3.8, 4) is 0 Å². The van der Waals surface area contributed by atoms with Gasteiger partial charge in [0, 0.05) is 57.5 Å². The van der Waals surface area contributed by atoms with Crippen LogP contribution in [0.3, 0.4) is 0 Å². The molecule has 3 aliphatic heterocycles. The van der Waals surface area contributed by atoms with Gasteiger partial charge in [0.2, 0.25) is 15.9 Å². The number of pyridine rings is 1. The maximum atomic E-state index is 13.4. The van der Waals surface area contributed by atoms with Crippen molar-refractivity contribution in [3.63, 3.8) is 0 Å². The van der Waals surface area contributed by atoms with Gasteiger partial charge in [-0.05, 0) is 62.6 Å². The minimum Gasteiger partial charge on any atom is -0.465 e. The number of hydrogen-bond acceptors (Lipinski definition) is 8. The van der Waals surface area contributed by atoms with Crippen molar-refractivity contribution in [1.82, 2.24) is 19.1 Å². The number of aromatic nitrogens is 1. The first-order valence-corrected chi connectivity index (χ1v) is 16.2. The van der Waals surface area contributed by atoms with Crippen LogP contribution in [0.2, 0.25) is 0 Å². The Balaban J connectivity index is 1.44. The number of likely N-dealkylation sites (tertiary alicyclic amines) is 1. The molecule has 3 atom stereocenters. The number of benzene rings is 1. The zero-order valence-electron chi connectivity index (χ0n) is 25.8. The lowest BCUT2D eigenvalue weighted by Gasteiger charge is -2.50. The van der Waals surface area contributed by atoms with Gasteiger partial charge in [0.05, 0.1) is 10.6 Å². The van der Waals surface area contributed by atoms with Gasteiger partial charge in [-0.15, -0.1) is 0 Å². The number of amides is 2. The van der Waals surface area contributed by atoms with E-state index in [1.54, 1.807) is 42.3 Å². The summed E-state index contributed by atoms with van der Waals surface area (Å²) in [4.78, 5) is 37.8. The first kappa shape index (κ1) is 31.0. The molecule has 0 saturated carbocycles. The van der Waals surface area contributed by atoms with E-state index in [4.69, 9.17) is 4.98 Å². The Morgan fingerprint density at radius 1 is 1.05 bits per heavy atom. The third-order valence-electron chi connectivity index (χ3n) is 8.99. The third-order valence-corrected chi connectivity index (χ3v) is 10.9. The molecule has 4 heterocycles. The highest BCUT2D eigenvalue weighted by molar-refractivity contribution is 7.89. The van der Waals surface area contributed by atoms with E-state index in [1.807, 2.05) is 40.8 Å². The normalized spacial score (nSPS) is 24.2. The van der Waals surface area contributed by atoms with Crippen LogP contribution in [0.5, 0.6) is 0 Å². The summed E-state index contributed by atoms with van der Waals surface area (Å²) < 4.78 is 28.2. The number of anilines is 4. The smallest absolute Gasteiger partial charge is 0.407 e. The van der Waals surface area contributed by atoms with E-state index in [0.29, 0.717) is 68.6 Å². The van der Waals surface area contributed by atoms with Crippen LogP contribution in [0, 0.1) is 5.41 Å². The summed E-state index contributed by atoms with van der Waals surface area (Å²) in [7, 11) is 0.0826. The molecule has 13 heteroatoms. The fraction of sp³-hybridized carbons (Fsp3) is 0.567. The van der Waals surface area contributed by atoms with Crippen molar-refractivity contribution in [1.29, 1.82) is 0 Å². The molecular formula is C30H43N7O5S. The number of rotatable bonds is 5. The topological polar surface area (TPSA) is 130 Å². The zero-order valence-corrected chi connectivity index (χ0v) is 26.6. The Kier molecular flexibility index (Phi) is 8.36. The van der Waals surface area contributed by atoms with Crippen LogP contribution in [0.4, 0.5) is 27.8 Å². The molecule has 2 unspecified atom stereocenters. The highest BCUT2D eigenvalue weighted by atomic mass is 32.2. The minimum absolute atomic E-state index is 0.0511. The van der Waals surface area contributed by atoms with E-state index in [2.05, 4.69) is 15.1 Å². The lowest BCUT2D eigenvalue weighted by molar-refractivity contribution is -0.119. The molecule has 2 aromatic rings. The summed E-state index contributed by atoms with van der Waals surface area (Å²) in [6.45, 7) is 10.6. The number of fused-ring (bicyclic) bond motifs is 1. The van der Waals surface area contributed by atoms with Crippen LogP contribution in [0.1, 0.15) is 40.5 Å². The molecule has 12 nitrogen and oxygen atoms in total.